The monoisotopic (exact) mass is 350 g/mol. The molecule has 0 atom stereocenters. The SMILES string of the molecule is C#Cc1ccc(C(=S)Cc2cc([N+](=O)[O-])c(C#C)cc2[N+](=O)[O-])cc1. The first-order valence-corrected chi connectivity index (χ1v) is 7.30. The Balaban J connectivity index is 2.46. The van der Waals surface area contributed by atoms with Crippen LogP contribution in [0.15, 0.2) is 36.4 Å². The highest BCUT2D eigenvalue weighted by Crippen LogP contribution is 2.29. The molecule has 122 valence electrons. The zero-order chi connectivity index (χ0) is 18.6. The minimum Gasteiger partial charge on any atom is -0.258 e. The molecule has 0 aliphatic carbocycles. The van der Waals surface area contributed by atoms with Crippen molar-refractivity contribution in [1.82, 2.24) is 0 Å². The fourth-order valence-corrected chi connectivity index (χ4v) is 2.52. The van der Waals surface area contributed by atoms with Crippen LogP contribution in [-0.4, -0.2) is 14.7 Å². The molecule has 0 aliphatic rings. The van der Waals surface area contributed by atoms with E-state index in [1.54, 1.807) is 24.3 Å². The number of hydrogen-bond acceptors (Lipinski definition) is 5. The summed E-state index contributed by atoms with van der Waals surface area (Å²) in [5, 5.41) is 22.4. The van der Waals surface area contributed by atoms with E-state index in [-0.39, 0.29) is 28.9 Å². The van der Waals surface area contributed by atoms with Gasteiger partial charge in [0.2, 0.25) is 0 Å². The van der Waals surface area contributed by atoms with Crippen LogP contribution in [0.3, 0.4) is 0 Å². The maximum absolute atomic E-state index is 11.3. The molecule has 0 N–H and O–H groups in total. The van der Waals surface area contributed by atoms with Gasteiger partial charge in [-0.2, -0.15) is 0 Å². The number of nitrogens with zero attached hydrogens (tertiary/aromatic N) is 2. The van der Waals surface area contributed by atoms with Crippen LogP contribution in [0, 0.1) is 44.9 Å². The molecule has 0 unspecified atom stereocenters. The summed E-state index contributed by atoms with van der Waals surface area (Å²) < 4.78 is 0. The van der Waals surface area contributed by atoms with Crippen molar-refractivity contribution in [2.24, 2.45) is 0 Å². The average Bonchev–Trinajstić information content (AvgIpc) is 2.61. The minimum absolute atomic E-state index is 0.00720. The van der Waals surface area contributed by atoms with E-state index in [4.69, 9.17) is 25.1 Å². The highest BCUT2D eigenvalue weighted by atomic mass is 32.1. The summed E-state index contributed by atoms with van der Waals surface area (Å²) in [4.78, 5) is 21.5. The summed E-state index contributed by atoms with van der Waals surface area (Å²) in [7, 11) is 0. The largest absolute Gasteiger partial charge is 0.285 e. The lowest BCUT2D eigenvalue weighted by Crippen LogP contribution is -2.06. The quantitative estimate of drug-likeness (QED) is 0.271. The Morgan fingerprint density at radius 2 is 1.60 bits per heavy atom. The first-order chi connectivity index (χ1) is 11.9. The van der Waals surface area contributed by atoms with Crippen molar-refractivity contribution in [3.05, 3.63) is 78.9 Å². The summed E-state index contributed by atoms with van der Waals surface area (Å²) in [6.45, 7) is 0. The predicted molar refractivity (Wildman–Crippen MR) is 97.5 cm³/mol. The van der Waals surface area contributed by atoms with E-state index in [2.05, 4.69) is 11.8 Å². The fourth-order valence-electron chi connectivity index (χ4n) is 2.23. The van der Waals surface area contributed by atoms with E-state index in [1.165, 1.54) is 0 Å². The van der Waals surface area contributed by atoms with Gasteiger partial charge >= 0.3 is 0 Å². The van der Waals surface area contributed by atoms with Crippen LogP contribution >= 0.6 is 12.2 Å². The Morgan fingerprint density at radius 1 is 1.00 bits per heavy atom. The summed E-state index contributed by atoms with van der Waals surface area (Å²) in [5.41, 5.74) is 0.639. The lowest BCUT2D eigenvalue weighted by Gasteiger charge is -2.07. The standard InChI is InChI=1S/C18H10N2O4S/c1-3-12-5-7-14(8-6-12)18(25)11-15-10-16(19(21)22)13(4-2)9-17(15)20(23)24/h1-2,5-10H,11H2. The maximum atomic E-state index is 11.3. The number of rotatable bonds is 5. The van der Waals surface area contributed by atoms with Crippen molar-refractivity contribution in [3.63, 3.8) is 0 Å². The van der Waals surface area contributed by atoms with Crippen LogP contribution in [0.1, 0.15) is 22.3 Å². The molecule has 2 rings (SSSR count). The number of nitro benzene ring substituents is 2. The highest BCUT2D eigenvalue weighted by molar-refractivity contribution is 7.80. The number of benzene rings is 2. The first kappa shape index (κ1) is 17.8. The summed E-state index contributed by atoms with van der Waals surface area (Å²) >= 11 is 5.31. The molecule has 0 radical (unpaired) electrons. The van der Waals surface area contributed by atoms with Gasteiger partial charge in [0.1, 0.15) is 5.56 Å². The maximum Gasteiger partial charge on any atom is 0.285 e. The molecule has 0 fully saturated rings. The van der Waals surface area contributed by atoms with Gasteiger partial charge in [-0.1, -0.05) is 36.2 Å². The number of nitro groups is 2. The van der Waals surface area contributed by atoms with Gasteiger partial charge in [-0.15, -0.1) is 12.8 Å². The molecule has 7 heteroatoms. The predicted octanol–water partition coefficient (Wildman–Crippen LogP) is 3.43. The third kappa shape index (κ3) is 3.86. The van der Waals surface area contributed by atoms with E-state index in [0.29, 0.717) is 16.0 Å². The number of thiocarbonyl (C=S) groups is 1. The highest BCUT2D eigenvalue weighted by Gasteiger charge is 2.24. The first-order valence-electron chi connectivity index (χ1n) is 6.89. The zero-order valence-corrected chi connectivity index (χ0v) is 13.6. The molecular formula is C18H10N2O4S. The van der Waals surface area contributed by atoms with E-state index < -0.39 is 9.85 Å². The molecule has 0 saturated heterocycles. The Labute approximate surface area is 148 Å². The molecule has 2 aromatic carbocycles. The topological polar surface area (TPSA) is 86.3 Å². The number of terminal acetylenes is 2. The Bertz CT molecular complexity index is 966. The second kappa shape index (κ2) is 7.35. The molecule has 0 spiro atoms. The molecule has 0 heterocycles. The zero-order valence-electron chi connectivity index (χ0n) is 12.8. The Morgan fingerprint density at radius 3 is 2.08 bits per heavy atom. The van der Waals surface area contributed by atoms with Gasteiger partial charge in [0.15, 0.2) is 0 Å². The van der Waals surface area contributed by atoms with Crippen LogP contribution < -0.4 is 0 Å². The van der Waals surface area contributed by atoms with Crippen LogP contribution in [-0.2, 0) is 6.42 Å². The van der Waals surface area contributed by atoms with Crippen molar-refractivity contribution >= 4 is 28.5 Å². The molecular weight excluding hydrogens is 340 g/mol. The van der Waals surface area contributed by atoms with Gasteiger partial charge in [-0.3, -0.25) is 20.2 Å². The van der Waals surface area contributed by atoms with Gasteiger partial charge in [0.05, 0.1) is 9.85 Å². The summed E-state index contributed by atoms with van der Waals surface area (Å²) in [6, 6.07) is 8.92. The molecule has 25 heavy (non-hydrogen) atoms. The van der Waals surface area contributed by atoms with Gasteiger partial charge < -0.3 is 0 Å². The van der Waals surface area contributed by atoms with Crippen LogP contribution in [0.2, 0.25) is 0 Å². The van der Waals surface area contributed by atoms with Crippen molar-refractivity contribution in [3.8, 4) is 24.7 Å². The summed E-state index contributed by atoms with van der Waals surface area (Å²) in [6.07, 6.45) is 10.5. The van der Waals surface area contributed by atoms with Crippen molar-refractivity contribution in [1.29, 1.82) is 0 Å². The average molecular weight is 350 g/mol. The van der Waals surface area contributed by atoms with Gasteiger partial charge in [0, 0.05) is 34.5 Å². The van der Waals surface area contributed by atoms with E-state index in [9.17, 15) is 20.2 Å². The van der Waals surface area contributed by atoms with Gasteiger partial charge in [-0.25, -0.2) is 0 Å². The van der Waals surface area contributed by atoms with Crippen LogP contribution in [0.5, 0.6) is 0 Å². The molecule has 0 amide bonds. The lowest BCUT2D eigenvalue weighted by molar-refractivity contribution is -0.389. The van der Waals surface area contributed by atoms with Crippen molar-refractivity contribution < 1.29 is 9.85 Å². The molecule has 0 saturated carbocycles. The minimum atomic E-state index is -0.673. The third-order valence-electron chi connectivity index (χ3n) is 3.47. The normalized spacial score (nSPS) is 9.68. The number of hydrogen-bond donors (Lipinski definition) is 0. The molecule has 0 bridgehead atoms. The van der Waals surface area contributed by atoms with Gasteiger partial charge in [0.25, 0.3) is 11.4 Å². The Kier molecular flexibility index (Phi) is 5.23. The Hall–Kier alpha value is -3.55. The molecule has 0 aromatic heterocycles. The van der Waals surface area contributed by atoms with Crippen molar-refractivity contribution in [2.75, 3.05) is 0 Å². The molecule has 6 nitrogen and oxygen atoms in total. The fraction of sp³-hybridized carbons (Fsp3) is 0.0556. The van der Waals surface area contributed by atoms with Crippen molar-refractivity contribution in [2.45, 2.75) is 6.42 Å². The van der Waals surface area contributed by atoms with Crippen LogP contribution in [0.25, 0.3) is 0 Å². The smallest absolute Gasteiger partial charge is 0.258 e. The van der Waals surface area contributed by atoms with Gasteiger partial charge in [-0.05, 0) is 17.7 Å². The van der Waals surface area contributed by atoms with Crippen LogP contribution in [0.4, 0.5) is 11.4 Å². The van der Waals surface area contributed by atoms with E-state index in [1.807, 2.05) is 0 Å². The third-order valence-corrected chi connectivity index (χ3v) is 3.85. The molecule has 0 aliphatic heterocycles. The lowest BCUT2D eigenvalue weighted by atomic mass is 9.99. The summed E-state index contributed by atoms with van der Waals surface area (Å²) in [5.74, 6) is 4.57. The second-order valence-electron chi connectivity index (χ2n) is 4.98. The van der Waals surface area contributed by atoms with E-state index >= 15 is 0 Å². The van der Waals surface area contributed by atoms with E-state index in [0.717, 1.165) is 12.1 Å². The molecule has 2 aromatic rings. The second-order valence-corrected chi connectivity index (χ2v) is 5.47.